The second-order valence-electron chi connectivity index (χ2n) is 6.95. The first-order valence-electron chi connectivity index (χ1n) is 8.90. The van der Waals surface area contributed by atoms with E-state index in [2.05, 4.69) is 39.1 Å². The van der Waals surface area contributed by atoms with Gasteiger partial charge in [0.2, 0.25) is 5.91 Å². The number of carbonyl (C=O) groups is 1. The van der Waals surface area contributed by atoms with Crippen molar-refractivity contribution in [2.75, 3.05) is 31.1 Å². The zero-order valence-electron chi connectivity index (χ0n) is 14.9. The average molecular weight is 346 g/mol. The number of nitrogens with one attached hydrogen (secondary N) is 1. The number of hydrogen-bond donors (Lipinski definition) is 2. The Morgan fingerprint density at radius 1 is 1.44 bits per heavy atom. The molecule has 0 bridgehead atoms. The van der Waals surface area contributed by atoms with Crippen molar-refractivity contribution >= 4 is 22.8 Å². The largest absolute Gasteiger partial charge is 0.394 e. The van der Waals surface area contributed by atoms with Gasteiger partial charge in [0.1, 0.15) is 12.1 Å². The van der Waals surface area contributed by atoms with Crippen LogP contribution in [0.2, 0.25) is 0 Å². The molecule has 2 aromatic heterocycles. The van der Waals surface area contributed by atoms with Crippen LogP contribution in [-0.2, 0) is 11.3 Å². The molecule has 0 unspecified atom stereocenters. The first-order valence-corrected chi connectivity index (χ1v) is 8.90. The predicted octanol–water partition coefficient (Wildman–Crippen LogP) is 0.807. The lowest BCUT2D eigenvalue weighted by Crippen LogP contribution is -2.44. The molecule has 1 saturated heterocycles. The van der Waals surface area contributed by atoms with Gasteiger partial charge in [-0.25, -0.2) is 14.6 Å². The van der Waals surface area contributed by atoms with Gasteiger partial charge in [0, 0.05) is 19.6 Å². The van der Waals surface area contributed by atoms with E-state index in [1.54, 1.807) is 10.9 Å². The molecular formula is C17H26N6O2. The van der Waals surface area contributed by atoms with Gasteiger partial charge in [-0.3, -0.25) is 4.79 Å². The van der Waals surface area contributed by atoms with Gasteiger partial charge in [-0.05, 0) is 18.8 Å². The van der Waals surface area contributed by atoms with Gasteiger partial charge in [-0.15, -0.1) is 0 Å². The SMILES string of the molecule is CC(C)CNC(=O)[C@H]1CCCN(c2ncnc3c2cnn3CCO)C1. The van der Waals surface area contributed by atoms with Crippen LogP contribution in [0.4, 0.5) is 5.82 Å². The number of aromatic nitrogens is 4. The minimum Gasteiger partial charge on any atom is -0.394 e. The predicted molar refractivity (Wildman–Crippen MR) is 95.2 cm³/mol. The number of anilines is 1. The first-order chi connectivity index (χ1) is 12.1. The maximum absolute atomic E-state index is 12.4. The highest BCUT2D eigenvalue weighted by Gasteiger charge is 2.27. The number of piperidine rings is 1. The number of amides is 1. The summed E-state index contributed by atoms with van der Waals surface area (Å²) in [4.78, 5) is 23.3. The Hall–Kier alpha value is -2.22. The minimum atomic E-state index is -0.0231. The summed E-state index contributed by atoms with van der Waals surface area (Å²) in [7, 11) is 0. The van der Waals surface area contributed by atoms with E-state index in [1.807, 2.05) is 0 Å². The summed E-state index contributed by atoms with van der Waals surface area (Å²) in [5.74, 6) is 1.36. The fraction of sp³-hybridized carbons (Fsp3) is 0.647. The van der Waals surface area contributed by atoms with Crippen LogP contribution >= 0.6 is 0 Å². The maximum Gasteiger partial charge on any atom is 0.224 e. The van der Waals surface area contributed by atoms with Gasteiger partial charge in [0.25, 0.3) is 0 Å². The quantitative estimate of drug-likeness (QED) is 0.803. The molecule has 0 spiro atoms. The Balaban J connectivity index is 1.77. The van der Waals surface area contributed by atoms with Gasteiger partial charge < -0.3 is 15.3 Å². The third-order valence-corrected chi connectivity index (χ3v) is 4.50. The van der Waals surface area contributed by atoms with E-state index in [0.717, 1.165) is 30.6 Å². The molecule has 0 radical (unpaired) electrons. The van der Waals surface area contributed by atoms with Gasteiger partial charge >= 0.3 is 0 Å². The van der Waals surface area contributed by atoms with Gasteiger partial charge in [0.15, 0.2) is 5.65 Å². The van der Waals surface area contributed by atoms with Crippen molar-refractivity contribution in [1.29, 1.82) is 0 Å². The Bertz CT molecular complexity index is 729. The summed E-state index contributed by atoms with van der Waals surface area (Å²) in [6, 6.07) is 0. The number of aliphatic hydroxyl groups is 1. The molecule has 2 N–H and O–H groups in total. The highest BCUT2D eigenvalue weighted by Crippen LogP contribution is 2.27. The molecule has 8 nitrogen and oxygen atoms in total. The van der Waals surface area contributed by atoms with Crippen molar-refractivity contribution < 1.29 is 9.90 Å². The number of nitrogens with zero attached hydrogens (tertiary/aromatic N) is 5. The molecule has 1 aliphatic heterocycles. The molecule has 136 valence electrons. The van der Waals surface area contributed by atoms with E-state index in [-0.39, 0.29) is 18.4 Å². The molecule has 25 heavy (non-hydrogen) atoms. The van der Waals surface area contributed by atoms with Gasteiger partial charge in [-0.1, -0.05) is 13.8 Å². The van der Waals surface area contributed by atoms with Gasteiger partial charge in [0.05, 0.1) is 30.7 Å². The van der Waals surface area contributed by atoms with E-state index in [9.17, 15) is 4.79 Å². The monoisotopic (exact) mass is 346 g/mol. The highest BCUT2D eigenvalue weighted by atomic mass is 16.3. The average Bonchev–Trinajstić information content (AvgIpc) is 3.03. The summed E-state index contributed by atoms with van der Waals surface area (Å²) in [5.41, 5.74) is 0.713. The Kier molecular flexibility index (Phi) is 5.47. The van der Waals surface area contributed by atoms with Crippen LogP contribution in [0.3, 0.4) is 0 Å². The smallest absolute Gasteiger partial charge is 0.224 e. The van der Waals surface area contributed by atoms with Crippen molar-refractivity contribution in [3.05, 3.63) is 12.5 Å². The summed E-state index contributed by atoms with van der Waals surface area (Å²) < 4.78 is 1.68. The molecule has 1 atom stereocenters. The van der Waals surface area contributed by atoms with E-state index in [1.165, 1.54) is 6.33 Å². The molecule has 1 fully saturated rings. The van der Waals surface area contributed by atoms with Crippen molar-refractivity contribution in [3.8, 4) is 0 Å². The van der Waals surface area contributed by atoms with Crippen LogP contribution in [0.15, 0.2) is 12.5 Å². The number of carbonyl (C=O) groups excluding carboxylic acids is 1. The van der Waals surface area contributed by atoms with Crippen molar-refractivity contribution in [2.45, 2.75) is 33.2 Å². The summed E-state index contributed by atoms with van der Waals surface area (Å²) in [5, 5.41) is 17.3. The standard InChI is InChI=1S/C17H26N6O2/c1-12(2)8-18-17(25)13-4-3-5-22(10-13)15-14-9-21-23(6-7-24)16(14)20-11-19-15/h9,11-13,24H,3-8,10H2,1-2H3,(H,18,25)/t13-/m0/s1. The van der Waals surface area contributed by atoms with Crippen LogP contribution in [0, 0.1) is 11.8 Å². The van der Waals surface area contributed by atoms with E-state index < -0.39 is 0 Å². The van der Waals surface area contributed by atoms with Crippen LogP contribution in [0.1, 0.15) is 26.7 Å². The molecule has 8 heteroatoms. The van der Waals surface area contributed by atoms with Crippen LogP contribution in [-0.4, -0.2) is 57.0 Å². The zero-order chi connectivity index (χ0) is 17.8. The maximum atomic E-state index is 12.4. The number of fused-ring (bicyclic) bond motifs is 1. The topological polar surface area (TPSA) is 96.2 Å². The lowest BCUT2D eigenvalue weighted by molar-refractivity contribution is -0.125. The molecule has 0 aliphatic carbocycles. The number of hydrogen-bond acceptors (Lipinski definition) is 6. The van der Waals surface area contributed by atoms with Crippen molar-refractivity contribution in [1.82, 2.24) is 25.1 Å². The highest BCUT2D eigenvalue weighted by molar-refractivity contribution is 5.87. The number of aliphatic hydroxyl groups excluding tert-OH is 1. The first kappa shape index (κ1) is 17.6. The van der Waals surface area contributed by atoms with Gasteiger partial charge in [-0.2, -0.15) is 5.10 Å². The molecular weight excluding hydrogens is 320 g/mol. The third kappa shape index (κ3) is 3.89. The minimum absolute atomic E-state index is 0.0118. The zero-order valence-corrected chi connectivity index (χ0v) is 14.9. The summed E-state index contributed by atoms with van der Waals surface area (Å²) in [6.07, 6.45) is 5.12. The third-order valence-electron chi connectivity index (χ3n) is 4.50. The molecule has 2 aromatic rings. The van der Waals surface area contributed by atoms with Crippen molar-refractivity contribution in [2.24, 2.45) is 11.8 Å². The second kappa shape index (κ2) is 7.77. The van der Waals surface area contributed by atoms with E-state index in [4.69, 9.17) is 5.11 Å². The molecule has 3 heterocycles. The second-order valence-corrected chi connectivity index (χ2v) is 6.95. The van der Waals surface area contributed by atoms with Crippen LogP contribution in [0.5, 0.6) is 0 Å². The van der Waals surface area contributed by atoms with Crippen molar-refractivity contribution in [3.63, 3.8) is 0 Å². The normalized spacial score (nSPS) is 18.1. The molecule has 0 aromatic carbocycles. The Morgan fingerprint density at radius 3 is 3.04 bits per heavy atom. The molecule has 1 amide bonds. The van der Waals surface area contributed by atoms with Crippen LogP contribution < -0.4 is 10.2 Å². The molecule has 1 aliphatic rings. The van der Waals surface area contributed by atoms with Crippen LogP contribution in [0.25, 0.3) is 11.0 Å². The summed E-state index contributed by atoms with van der Waals surface area (Å²) >= 11 is 0. The van der Waals surface area contributed by atoms with E-state index >= 15 is 0 Å². The molecule has 3 rings (SSSR count). The van der Waals surface area contributed by atoms with E-state index in [0.29, 0.717) is 31.2 Å². The fourth-order valence-electron chi connectivity index (χ4n) is 3.22. The lowest BCUT2D eigenvalue weighted by Gasteiger charge is -2.33. The Labute approximate surface area is 147 Å². The fourth-order valence-corrected chi connectivity index (χ4v) is 3.22. The Morgan fingerprint density at radius 2 is 2.28 bits per heavy atom. The number of rotatable bonds is 6. The lowest BCUT2D eigenvalue weighted by atomic mass is 9.96. The summed E-state index contributed by atoms with van der Waals surface area (Å²) in [6.45, 7) is 6.83. The molecule has 0 saturated carbocycles.